The van der Waals surface area contributed by atoms with Crippen molar-refractivity contribution in [3.05, 3.63) is 84.2 Å². The summed E-state index contributed by atoms with van der Waals surface area (Å²) < 4.78 is 20.6. The second-order valence-electron chi connectivity index (χ2n) is 8.67. The minimum Gasteiger partial charge on any atom is -0.379 e. The number of rotatable bonds is 13. The molecule has 0 aliphatic heterocycles. The molecule has 1 atom stereocenters. The molecule has 0 saturated carbocycles. The molecular formula is C30H36FNO. The molecule has 0 amide bonds. The number of unbranched alkanes of at least 4 members (excludes halogenated alkanes) is 3. The van der Waals surface area contributed by atoms with Crippen molar-refractivity contribution in [2.24, 2.45) is 0 Å². The number of allylic oxidation sites excluding steroid dienone is 2. The highest BCUT2D eigenvalue weighted by Gasteiger charge is 2.06. The number of pyridine rings is 1. The first-order chi connectivity index (χ1) is 16.1. The summed E-state index contributed by atoms with van der Waals surface area (Å²) in [5, 5.41) is 1.08. The highest BCUT2D eigenvalue weighted by atomic mass is 19.1. The molecule has 0 radical (unpaired) electrons. The summed E-state index contributed by atoms with van der Waals surface area (Å²) in [5.74, 6) is -0.223. The molecule has 2 aromatic carbocycles. The van der Waals surface area contributed by atoms with E-state index in [0.717, 1.165) is 60.9 Å². The maximum atomic E-state index is 14.7. The minimum atomic E-state index is -0.223. The van der Waals surface area contributed by atoms with Crippen LogP contribution in [0.4, 0.5) is 4.39 Å². The molecule has 0 spiro atoms. The van der Waals surface area contributed by atoms with E-state index in [0.29, 0.717) is 5.56 Å². The van der Waals surface area contributed by atoms with E-state index in [2.05, 4.69) is 38.6 Å². The quantitative estimate of drug-likeness (QED) is 0.194. The van der Waals surface area contributed by atoms with Crippen molar-refractivity contribution in [2.45, 2.75) is 64.9 Å². The van der Waals surface area contributed by atoms with Crippen molar-refractivity contribution in [3.8, 4) is 11.3 Å². The van der Waals surface area contributed by atoms with Crippen LogP contribution < -0.4 is 0 Å². The molecule has 0 aliphatic rings. The average Bonchev–Trinajstić information content (AvgIpc) is 2.82. The van der Waals surface area contributed by atoms with Gasteiger partial charge < -0.3 is 4.74 Å². The zero-order valence-corrected chi connectivity index (χ0v) is 20.0. The van der Waals surface area contributed by atoms with Crippen molar-refractivity contribution in [1.29, 1.82) is 0 Å². The van der Waals surface area contributed by atoms with Crippen LogP contribution >= 0.6 is 0 Å². The van der Waals surface area contributed by atoms with Crippen LogP contribution in [0.25, 0.3) is 28.2 Å². The molecule has 0 fully saturated rings. The standard InChI is InChI=1S/C30H36FNO/c1-4-6-10-20-33-23(3)12-8-7-9-13-25-15-16-27(22-28(25)31)30-19-17-26-21-24(11-5-2)14-18-29(26)32-30/h5,9,13-19,21-23H,2,4,6-8,10-12,20H2,1,3H3. The summed E-state index contributed by atoms with van der Waals surface area (Å²) in [5.41, 5.74) is 4.30. The smallest absolute Gasteiger partial charge is 0.131 e. The summed E-state index contributed by atoms with van der Waals surface area (Å²) >= 11 is 0. The zero-order valence-electron chi connectivity index (χ0n) is 20.0. The molecule has 2 nitrogen and oxygen atoms in total. The van der Waals surface area contributed by atoms with Gasteiger partial charge in [-0.25, -0.2) is 9.37 Å². The predicted octanol–water partition coefficient (Wildman–Crippen LogP) is 8.55. The van der Waals surface area contributed by atoms with Crippen molar-refractivity contribution in [2.75, 3.05) is 6.61 Å². The van der Waals surface area contributed by atoms with Crippen LogP contribution in [0.15, 0.2) is 67.3 Å². The number of nitrogens with zero attached hydrogens (tertiary/aromatic N) is 1. The molecule has 174 valence electrons. The largest absolute Gasteiger partial charge is 0.379 e. The highest BCUT2D eigenvalue weighted by molar-refractivity contribution is 5.82. The molecule has 0 saturated heterocycles. The van der Waals surface area contributed by atoms with Crippen molar-refractivity contribution in [3.63, 3.8) is 0 Å². The van der Waals surface area contributed by atoms with Gasteiger partial charge in [-0.05, 0) is 68.9 Å². The van der Waals surface area contributed by atoms with Gasteiger partial charge in [-0.15, -0.1) is 6.58 Å². The Morgan fingerprint density at radius 1 is 1.06 bits per heavy atom. The van der Waals surface area contributed by atoms with Gasteiger partial charge in [0.05, 0.1) is 17.3 Å². The highest BCUT2D eigenvalue weighted by Crippen LogP contribution is 2.24. The van der Waals surface area contributed by atoms with Gasteiger partial charge in [-0.3, -0.25) is 0 Å². The Balaban J connectivity index is 1.55. The first-order valence-corrected chi connectivity index (χ1v) is 12.2. The lowest BCUT2D eigenvalue weighted by molar-refractivity contribution is 0.0566. The third-order valence-corrected chi connectivity index (χ3v) is 5.86. The van der Waals surface area contributed by atoms with Crippen LogP contribution in [0.5, 0.6) is 0 Å². The Bertz CT molecular complexity index is 1070. The molecule has 3 heteroatoms. The summed E-state index contributed by atoms with van der Waals surface area (Å²) in [4.78, 5) is 4.73. The fourth-order valence-electron chi connectivity index (χ4n) is 3.90. The zero-order chi connectivity index (χ0) is 23.5. The van der Waals surface area contributed by atoms with Crippen LogP contribution in [0.3, 0.4) is 0 Å². The molecule has 0 N–H and O–H groups in total. The molecular weight excluding hydrogens is 409 g/mol. The normalized spacial score (nSPS) is 12.5. The molecule has 0 aliphatic carbocycles. The third-order valence-electron chi connectivity index (χ3n) is 5.86. The number of ether oxygens (including phenoxy) is 1. The number of hydrogen-bond donors (Lipinski definition) is 0. The lowest BCUT2D eigenvalue weighted by Crippen LogP contribution is -2.08. The maximum absolute atomic E-state index is 14.7. The Morgan fingerprint density at radius 2 is 1.94 bits per heavy atom. The van der Waals surface area contributed by atoms with Crippen LogP contribution in [0.2, 0.25) is 0 Å². The van der Waals surface area contributed by atoms with Gasteiger partial charge in [0.1, 0.15) is 5.82 Å². The second-order valence-corrected chi connectivity index (χ2v) is 8.67. The third kappa shape index (κ3) is 7.64. The van der Waals surface area contributed by atoms with Crippen molar-refractivity contribution < 1.29 is 9.13 Å². The van der Waals surface area contributed by atoms with E-state index in [1.807, 2.05) is 42.5 Å². The van der Waals surface area contributed by atoms with E-state index in [9.17, 15) is 4.39 Å². The van der Waals surface area contributed by atoms with E-state index in [1.165, 1.54) is 18.4 Å². The van der Waals surface area contributed by atoms with Gasteiger partial charge in [0.25, 0.3) is 0 Å². The van der Waals surface area contributed by atoms with Gasteiger partial charge >= 0.3 is 0 Å². The predicted molar refractivity (Wildman–Crippen MR) is 139 cm³/mol. The molecule has 1 heterocycles. The number of hydrogen-bond acceptors (Lipinski definition) is 2. The van der Waals surface area contributed by atoms with Crippen molar-refractivity contribution in [1.82, 2.24) is 4.98 Å². The number of aromatic nitrogens is 1. The Kier molecular flexibility index (Phi) is 9.83. The average molecular weight is 446 g/mol. The van der Waals surface area contributed by atoms with E-state index in [-0.39, 0.29) is 11.9 Å². The fraction of sp³-hybridized carbons (Fsp3) is 0.367. The summed E-state index contributed by atoms with van der Waals surface area (Å²) in [6.45, 7) is 8.98. The molecule has 3 rings (SSSR count). The maximum Gasteiger partial charge on any atom is 0.131 e. The fourth-order valence-corrected chi connectivity index (χ4v) is 3.90. The second kappa shape index (κ2) is 13.1. The first-order valence-electron chi connectivity index (χ1n) is 12.2. The molecule has 3 aromatic rings. The number of halogens is 1. The number of benzene rings is 2. The van der Waals surface area contributed by atoms with Gasteiger partial charge in [0, 0.05) is 23.1 Å². The van der Waals surface area contributed by atoms with Crippen LogP contribution in [-0.2, 0) is 11.2 Å². The van der Waals surface area contributed by atoms with Gasteiger partial charge in [0.15, 0.2) is 0 Å². The molecule has 1 aromatic heterocycles. The Labute approximate surface area is 198 Å². The van der Waals surface area contributed by atoms with Crippen LogP contribution in [0, 0.1) is 5.82 Å². The molecule has 33 heavy (non-hydrogen) atoms. The lowest BCUT2D eigenvalue weighted by Gasteiger charge is -2.12. The topological polar surface area (TPSA) is 22.1 Å². The van der Waals surface area contributed by atoms with Crippen LogP contribution in [0.1, 0.15) is 63.5 Å². The van der Waals surface area contributed by atoms with Gasteiger partial charge in [-0.2, -0.15) is 0 Å². The van der Waals surface area contributed by atoms with Crippen molar-refractivity contribution >= 4 is 17.0 Å². The molecule has 1 unspecified atom stereocenters. The first kappa shape index (κ1) is 24.9. The SMILES string of the molecule is C=CCc1ccc2nc(-c3ccc(C=CCCCC(C)OCCCCC)c(F)c3)ccc2c1. The van der Waals surface area contributed by atoms with Gasteiger partial charge in [0.2, 0.25) is 0 Å². The summed E-state index contributed by atoms with van der Waals surface area (Å²) in [6.07, 6.45) is 13.5. The Morgan fingerprint density at radius 3 is 2.73 bits per heavy atom. The number of fused-ring (bicyclic) bond motifs is 1. The summed E-state index contributed by atoms with van der Waals surface area (Å²) in [6, 6.07) is 15.6. The Hall–Kier alpha value is -2.78. The minimum absolute atomic E-state index is 0.223. The van der Waals surface area contributed by atoms with Gasteiger partial charge in [-0.1, -0.05) is 62.3 Å². The monoisotopic (exact) mass is 445 g/mol. The summed E-state index contributed by atoms with van der Waals surface area (Å²) in [7, 11) is 0. The lowest BCUT2D eigenvalue weighted by atomic mass is 10.0. The van der Waals surface area contributed by atoms with E-state index in [4.69, 9.17) is 9.72 Å². The van der Waals surface area contributed by atoms with E-state index >= 15 is 0 Å². The van der Waals surface area contributed by atoms with E-state index < -0.39 is 0 Å². The van der Waals surface area contributed by atoms with E-state index in [1.54, 1.807) is 6.07 Å². The van der Waals surface area contributed by atoms with Crippen LogP contribution in [-0.4, -0.2) is 17.7 Å². The molecule has 0 bridgehead atoms.